The van der Waals surface area contributed by atoms with E-state index in [9.17, 15) is 4.79 Å². The van der Waals surface area contributed by atoms with Crippen LogP contribution >= 0.6 is 11.6 Å². The summed E-state index contributed by atoms with van der Waals surface area (Å²) in [6.45, 7) is 4.64. The third-order valence-electron chi connectivity index (χ3n) is 5.26. The van der Waals surface area contributed by atoms with Gasteiger partial charge in [-0.3, -0.25) is 14.8 Å². The van der Waals surface area contributed by atoms with Crippen LogP contribution in [0.3, 0.4) is 0 Å². The van der Waals surface area contributed by atoms with E-state index in [4.69, 9.17) is 26.1 Å². The van der Waals surface area contributed by atoms with E-state index in [0.29, 0.717) is 58.2 Å². The van der Waals surface area contributed by atoms with Gasteiger partial charge in [0.2, 0.25) is 11.9 Å². The van der Waals surface area contributed by atoms with Crippen LogP contribution in [0.15, 0.2) is 61.7 Å². The van der Waals surface area contributed by atoms with Crippen molar-refractivity contribution < 1.29 is 14.3 Å². The van der Waals surface area contributed by atoms with Gasteiger partial charge in [-0.2, -0.15) is 0 Å². The molecule has 0 aliphatic carbocycles. The van der Waals surface area contributed by atoms with Crippen LogP contribution in [-0.4, -0.2) is 65.1 Å². The highest BCUT2D eigenvalue weighted by Gasteiger charge is 2.16. The molecule has 0 aliphatic heterocycles. The number of ether oxygens (including phenoxy) is 2. The molecule has 4 rings (SSSR count). The van der Waals surface area contributed by atoms with Crippen LogP contribution in [-0.2, 0) is 4.79 Å². The third kappa shape index (κ3) is 6.29. The molecule has 0 aliphatic rings. The second-order valence-electron chi connectivity index (χ2n) is 8.20. The number of anilines is 3. The van der Waals surface area contributed by atoms with Crippen molar-refractivity contribution in [2.75, 3.05) is 45.0 Å². The van der Waals surface area contributed by atoms with Crippen molar-refractivity contribution >= 4 is 45.7 Å². The lowest BCUT2D eigenvalue weighted by atomic mass is 10.1. The first-order valence-electron chi connectivity index (χ1n) is 11.3. The Balaban J connectivity index is 1.72. The van der Waals surface area contributed by atoms with Crippen molar-refractivity contribution in [3.05, 3.63) is 66.7 Å². The van der Waals surface area contributed by atoms with Crippen molar-refractivity contribution in [1.82, 2.24) is 24.8 Å². The van der Waals surface area contributed by atoms with Gasteiger partial charge >= 0.3 is 0 Å². The zero-order valence-electron chi connectivity index (χ0n) is 20.7. The van der Waals surface area contributed by atoms with Crippen molar-refractivity contribution in [1.29, 1.82) is 0 Å². The Morgan fingerprint density at radius 2 is 1.97 bits per heavy atom. The van der Waals surface area contributed by atoms with Crippen molar-refractivity contribution in [2.45, 2.75) is 0 Å². The number of aromatic nitrogens is 4. The summed E-state index contributed by atoms with van der Waals surface area (Å²) in [5.74, 6) is 0.864. The molecule has 0 saturated heterocycles. The quantitative estimate of drug-likeness (QED) is 0.291. The number of benzene rings is 1. The Kier molecular flexibility index (Phi) is 8.11. The molecule has 4 aromatic rings. The summed E-state index contributed by atoms with van der Waals surface area (Å²) in [7, 11) is 5.44. The Morgan fingerprint density at radius 1 is 1.14 bits per heavy atom. The minimum absolute atomic E-state index is 0.303. The second kappa shape index (κ2) is 11.6. The number of hydrogen-bond acceptors (Lipinski definition) is 9. The lowest BCUT2D eigenvalue weighted by molar-refractivity contribution is -0.111. The van der Waals surface area contributed by atoms with Crippen molar-refractivity contribution in [2.24, 2.45) is 0 Å². The van der Waals surface area contributed by atoms with E-state index < -0.39 is 0 Å². The van der Waals surface area contributed by atoms with E-state index in [0.717, 1.165) is 10.9 Å². The average molecular weight is 520 g/mol. The highest BCUT2D eigenvalue weighted by molar-refractivity contribution is 6.30. The molecule has 11 heteroatoms. The number of amides is 1. The van der Waals surface area contributed by atoms with Gasteiger partial charge in [0, 0.05) is 48.3 Å². The molecule has 3 aromatic heterocycles. The van der Waals surface area contributed by atoms with Gasteiger partial charge in [0.15, 0.2) is 0 Å². The van der Waals surface area contributed by atoms with Gasteiger partial charge in [-0.1, -0.05) is 18.2 Å². The van der Waals surface area contributed by atoms with Crippen LogP contribution in [0.1, 0.15) is 0 Å². The van der Waals surface area contributed by atoms with Gasteiger partial charge in [0.05, 0.1) is 29.2 Å². The minimum atomic E-state index is -0.374. The number of carbonyl (C=O) groups excluding carboxylic acids is 1. The normalized spacial score (nSPS) is 10.8. The fourth-order valence-corrected chi connectivity index (χ4v) is 3.63. The molecule has 10 nitrogen and oxygen atoms in total. The van der Waals surface area contributed by atoms with Gasteiger partial charge in [-0.05, 0) is 38.4 Å². The molecule has 0 spiro atoms. The first-order chi connectivity index (χ1) is 17.9. The number of halogens is 1. The molecule has 1 aromatic carbocycles. The second-order valence-corrected chi connectivity index (χ2v) is 8.64. The van der Waals surface area contributed by atoms with Gasteiger partial charge < -0.3 is 25.0 Å². The molecule has 0 bridgehead atoms. The van der Waals surface area contributed by atoms with Crippen LogP contribution in [0.25, 0.3) is 22.2 Å². The van der Waals surface area contributed by atoms with E-state index in [1.165, 1.54) is 6.08 Å². The summed E-state index contributed by atoms with van der Waals surface area (Å²) >= 11 is 6.14. The highest BCUT2D eigenvalue weighted by Crippen LogP contribution is 2.38. The van der Waals surface area contributed by atoms with Crippen molar-refractivity contribution in [3.8, 4) is 22.8 Å². The summed E-state index contributed by atoms with van der Waals surface area (Å²) in [4.78, 5) is 31.9. The number of rotatable bonds is 10. The zero-order chi connectivity index (χ0) is 26.4. The maximum absolute atomic E-state index is 12.1. The van der Waals surface area contributed by atoms with E-state index in [2.05, 4.69) is 32.2 Å². The SMILES string of the molecule is C=CC(=O)Nc1cc(Nc2ncc3ccnc(-c4cncc(Cl)c4)c3n2)c(OC)cc1OCCN(C)C. The van der Waals surface area contributed by atoms with Crippen LogP contribution in [0.5, 0.6) is 11.5 Å². The summed E-state index contributed by atoms with van der Waals surface area (Å²) < 4.78 is 11.5. The standard InChI is InChI=1S/C26H26ClN7O3/c1-5-23(35)31-20-11-19(21(36-4)12-22(20)37-9-8-34(2)3)32-26-30-14-16-6-7-29-24(25(16)33-26)17-10-18(27)15-28-13-17/h5-7,10-15H,1,8-9H2,2-4H3,(H,31,35)(H,30,32,33). The molecule has 190 valence electrons. The van der Waals surface area contributed by atoms with E-state index in [-0.39, 0.29) is 5.91 Å². The molecule has 2 N–H and O–H groups in total. The number of fused-ring (bicyclic) bond motifs is 1. The van der Waals surface area contributed by atoms with Gasteiger partial charge in [0.1, 0.15) is 23.6 Å². The molecule has 0 saturated carbocycles. The maximum Gasteiger partial charge on any atom is 0.247 e. The van der Waals surface area contributed by atoms with Crippen LogP contribution < -0.4 is 20.1 Å². The van der Waals surface area contributed by atoms with E-state index >= 15 is 0 Å². The molecule has 0 radical (unpaired) electrons. The number of hydrogen-bond donors (Lipinski definition) is 2. The Bertz CT molecular complexity index is 1450. The number of nitrogens with one attached hydrogen (secondary N) is 2. The van der Waals surface area contributed by atoms with E-state index in [1.54, 1.807) is 50.1 Å². The predicted octanol–water partition coefficient (Wildman–Crippen LogP) is 4.56. The van der Waals surface area contributed by atoms with Crippen molar-refractivity contribution in [3.63, 3.8) is 0 Å². The number of methoxy groups -OCH3 is 1. The van der Waals surface area contributed by atoms with Gasteiger partial charge in [-0.25, -0.2) is 9.97 Å². The smallest absolute Gasteiger partial charge is 0.247 e. The molecular formula is C26H26ClN7O3. The number of carbonyl (C=O) groups is 1. The van der Waals surface area contributed by atoms with Crippen LogP contribution in [0.4, 0.5) is 17.3 Å². The molecule has 37 heavy (non-hydrogen) atoms. The summed E-state index contributed by atoms with van der Waals surface area (Å²) in [6.07, 6.45) is 7.80. The van der Waals surface area contributed by atoms with Crippen LogP contribution in [0.2, 0.25) is 5.02 Å². The van der Waals surface area contributed by atoms with Crippen LogP contribution in [0, 0.1) is 0 Å². The monoisotopic (exact) mass is 519 g/mol. The number of nitrogens with zero attached hydrogens (tertiary/aromatic N) is 5. The topological polar surface area (TPSA) is 114 Å². The average Bonchev–Trinajstić information content (AvgIpc) is 2.89. The molecule has 0 atom stereocenters. The summed E-state index contributed by atoms with van der Waals surface area (Å²) in [6, 6.07) is 6.99. The Hall–Kier alpha value is -4.28. The molecule has 1 amide bonds. The van der Waals surface area contributed by atoms with Gasteiger partial charge in [-0.15, -0.1) is 0 Å². The summed E-state index contributed by atoms with van der Waals surface area (Å²) in [5, 5.41) is 7.25. The van der Waals surface area contributed by atoms with Gasteiger partial charge in [0.25, 0.3) is 0 Å². The number of likely N-dealkylation sites (N-methyl/N-ethyl adjacent to an activating group) is 1. The summed E-state index contributed by atoms with van der Waals surface area (Å²) in [5.41, 5.74) is 2.94. The third-order valence-corrected chi connectivity index (χ3v) is 5.47. The van der Waals surface area contributed by atoms with E-state index in [1.807, 2.05) is 25.1 Å². The Morgan fingerprint density at radius 3 is 2.70 bits per heavy atom. The Labute approximate surface area is 219 Å². The maximum atomic E-state index is 12.1. The highest BCUT2D eigenvalue weighted by atomic mass is 35.5. The lowest BCUT2D eigenvalue weighted by Crippen LogP contribution is -2.20. The molecule has 0 fully saturated rings. The zero-order valence-corrected chi connectivity index (χ0v) is 21.4. The molecule has 3 heterocycles. The minimum Gasteiger partial charge on any atom is -0.494 e. The lowest BCUT2D eigenvalue weighted by Gasteiger charge is -2.18. The largest absolute Gasteiger partial charge is 0.494 e. The first-order valence-corrected chi connectivity index (χ1v) is 11.7. The number of pyridine rings is 2. The molecule has 0 unspecified atom stereocenters. The predicted molar refractivity (Wildman–Crippen MR) is 145 cm³/mol. The first kappa shape index (κ1) is 25.8. The molecular weight excluding hydrogens is 494 g/mol. The fraction of sp³-hybridized carbons (Fsp3) is 0.192. The fourth-order valence-electron chi connectivity index (χ4n) is 3.46.